The molecule has 0 aromatic carbocycles. The van der Waals surface area contributed by atoms with Crippen LogP contribution >= 0.6 is 0 Å². The van der Waals surface area contributed by atoms with Crippen LogP contribution in [0.3, 0.4) is 0 Å². The van der Waals surface area contributed by atoms with Gasteiger partial charge in [0.05, 0.1) is 5.69 Å². The number of piperazine rings is 1. The van der Waals surface area contributed by atoms with E-state index in [9.17, 15) is 9.59 Å². The van der Waals surface area contributed by atoms with Gasteiger partial charge in [-0.15, -0.1) is 0 Å². The highest BCUT2D eigenvalue weighted by atomic mass is 16.2. The summed E-state index contributed by atoms with van der Waals surface area (Å²) in [6.07, 6.45) is 0.360. The zero-order chi connectivity index (χ0) is 14.9. The average molecular weight is 278 g/mol. The zero-order valence-corrected chi connectivity index (χ0v) is 12.6. The minimum atomic E-state index is -0.773. The first kappa shape index (κ1) is 14.6. The third-order valence-electron chi connectivity index (χ3n) is 3.79. The summed E-state index contributed by atoms with van der Waals surface area (Å²) in [5.74, 6) is -0.0967. The predicted octanol–water partition coefficient (Wildman–Crippen LogP) is 0.627. The number of amides is 2. The molecule has 2 heterocycles. The molecule has 0 unspecified atom stereocenters. The van der Waals surface area contributed by atoms with Crippen LogP contribution in [0.1, 0.15) is 31.7 Å². The van der Waals surface area contributed by atoms with Gasteiger partial charge < -0.3 is 10.2 Å². The first-order valence-corrected chi connectivity index (χ1v) is 6.92. The van der Waals surface area contributed by atoms with Crippen molar-refractivity contribution < 1.29 is 9.59 Å². The molecule has 0 bridgehead atoms. The summed E-state index contributed by atoms with van der Waals surface area (Å²) < 4.78 is 1.84. The fraction of sp³-hybridized carbons (Fsp3) is 0.643. The lowest BCUT2D eigenvalue weighted by Crippen LogP contribution is -2.63. The van der Waals surface area contributed by atoms with Gasteiger partial charge in [0.1, 0.15) is 5.54 Å². The number of nitrogens with zero attached hydrogens (tertiary/aromatic N) is 3. The van der Waals surface area contributed by atoms with E-state index in [1.165, 1.54) is 0 Å². The predicted molar refractivity (Wildman–Crippen MR) is 75.1 cm³/mol. The van der Waals surface area contributed by atoms with Gasteiger partial charge in [-0.1, -0.05) is 0 Å². The first-order chi connectivity index (χ1) is 9.32. The quantitative estimate of drug-likeness (QED) is 0.881. The molecule has 2 amide bonds. The van der Waals surface area contributed by atoms with Crippen LogP contribution in [0.2, 0.25) is 0 Å². The van der Waals surface area contributed by atoms with E-state index in [0.717, 1.165) is 11.4 Å². The highest BCUT2D eigenvalue weighted by Crippen LogP contribution is 2.19. The van der Waals surface area contributed by atoms with Crippen LogP contribution in [-0.2, 0) is 16.1 Å². The van der Waals surface area contributed by atoms with Gasteiger partial charge in [-0.3, -0.25) is 14.3 Å². The second-order valence-electron chi connectivity index (χ2n) is 5.76. The molecule has 20 heavy (non-hydrogen) atoms. The molecule has 0 spiro atoms. The smallest absolute Gasteiger partial charge is 0.245 e. The minimum absolute atomic E-state index is 0.00240. The average Bonchev–Trinajstić information content (AvgIpc) is 2.68. The van der Waals surface area contributed by atoms with Crippen LogP contribution < -0.4 is 5.32 Å². The fourth-order valence-electron chi connectivity index (χ4n) is 2.57. The number of carbonyl (C=O) groups excluding carboxylic acids is 2. The van der Waals surface area contributed by atoms with E-state index in [1.807, 2.05) is 24.6 Å². The van der Waals surface area contributed by atoms with Gasteiger partial charge in [0, 0.05) is 31.7 Å². The van der Waals surface area contributed by atoms with E-state index < -0.39 is 5.54 Å². The van der Waals surface area contributed by atoms with Crippen molar-refractivity contribution in [1.29, 1.82) is 0 Å². The Morgan fingerprint density at radius 3 is 2.75 bits per heavy atom. The van der Waals surface area contributed by atoms with Gasteiger partial charge in [-0.2, -0.15) is 5.10 Å². The summed E-state index contributed by atoms with van der Waals surface area (Å²) in [5.41, 5.74) is 1.23. The summed E-state index contributed by atoms with van der Waals surface area (Å²) >= 11 is 0. The Bertz CT molecular complexity index is 533. The molecule has 1 fully saturated rings. The summed E-state index contributed by atoms with van der Waals surface area (Å²) in [5, 5.41) is 7.14. The molecule has 0 saturated carbocycles. The summed E-state index contributed by atoms with van der Waals surface area (Å²) in [6, 6.07) is 1.99. The van der Waals surface area contributed by atoms with E-state index >= 15 is 0 Å². The van der Waals surface area contributed by atoms with Gasteiger partial charge in [-0.25, -0.2) is 0 Å². The van der Waals surface area contributed by atoms with Crippen molar-refractivity contribution in [2.45, 2.75) is 46.2 Å². The molecule has 0 radical (unpaired) electrons. The topological polar surface area (TPSA) is 67.2 Å². The number of aryl methyl sites for hydroxylation is 3. The molecular weight excluding hydrogens is 256 g/mol. The second kappa shape index (κ2) is 5.26. The molecule has 0 atom stereocenters. The number of rotatable bonds is 3. The van der Waals surface area contributed by atoms with Gasteiger partial charge in [-0.05, 0) is 33.8 Å². The van der Waals surface area contributed by atoms with Crippen LogP contribution in [-0.4, -0.2) is 45.1 Å². The van der Waals surface area contributed by atoms with E-state index in [4.69, 9.17) is 0 Å². The standard InChI is InChI=1S/C14H22N4O2/c1-10-9-11(2)18(16-10)7-5-12(19)17-8-6-15-13(20)14(17,3)4/h9H,5-8H2,1-4H3,(H,15,20). The molecule has 2 rings (SSSR count). The minimum Gasteiger partial charge on any atom is -0.352 e. The number of nitrogens with one attached hydrogen (secondary N) is 1. The molecule has 6 heteroatoms. The van der Waals surface area contributed by atoms with Crippen LogP contribution in [0.25, 0.3) is 0 Å². The normalized spacial score (nSPS) is 18.0. The molecule has 110 valence electrons. The lowest BCUT2D eigenvalue weighted by Gasteiger charge is -2.41. The molecule has 1 N–H and O–H groups in total. The van der Waals surface area contributed by atoms with Crippen molar-refractivity contribution in [2.75, 3.05) is 13.1 Å². The molecule has 6 nitrogen and oxygen atoms in total. The Balaban J connectivity index is 2.01. The molecule has 1 saturated heterocycles. The number of carbonyl (C=O) groups is 2. The van der Waals surface area contributed by atoms with Crippen molar-refractivity contribution in [1.82, 2.24) is 20.0 Å². The van der Waals surface area contributed by atoms with E-state index in [2.05, 4.69) is 10.4 Å². The summed E-state index contributed by atoms with van der Waals surface area (Å²) in [4.78, 5) is 25.9. The maximum absolute atomic E-state index is 12.4. The molecule has 1 aliphatic heterocycles. The fourth-order valence-corrected chi connectivity index (χ4v) is 2.57. The van der Waals surface area contributed by atoms with Crippen LogP contribution in [0.15, 0.2) is 6.07 Å². The Morgan fingerprint density at radius 1 is 1.45 bits per heavy atom. The number of hydrogen-bond donors (Lipinski definition) is 1. The second-order valence-corrected chi connectivity index (χ2v) is 5.76. The third kappa shape index (κ3) is 2.69. The van der Waals surface area contributed by atoms with Crippen molar-refractivity contribution in [3.63, 3.8) is 0 Å². The number of hydrogen-bond acceptors (Lipinski definition) is 3. The van der Waals surface area contributed by atoms with Crippen LogP contribution in [0, 0.1) is 13.8 Å². The largest absolute Gasteiger partial charge is 0.352 e. The monoisotopic (exact) mass is 278 g/mol. The van der Waals surface area contributed by atoms with Gasteiger partial charge in [0.15, 0.2) is 0 Å². The van der Waals surface area contributed by atoms with E-state index in [-0.39, 0.29) is 11.8 Å². The lowest BCUT2D eigenvalue weighted by atomic mass is 9.98. The van der Waals surface area contributed by atoms with Gasteiger partial charge in [0.2, 0.25) is 11.8 Å². The van der Waals surface area contributed by atoms with Gasteiger partial charge >= 0.3 is 0 Å². The van der Waals surface area contributed by atoms with Crippen LogP contribution in [0.5, 0.6) is 0 Å². The lowest BCUT2D eigenvalue weighted by molar-refractivity contribution is -0.149. The van der Waals surface area contributed by atoms with Crippen molar-refractivity contribution in [3.8, 4) is 0 Å². The molecule has 1 aromatic heterocycles. The highest BCUT2D eigenvalue weighted by molar-refractivity contribution is 5.91. The van der Waals surface area contributed by atoms with Crippen LogP contribution in [0.4, 0.5) is 0 Å². The van der Waals surface area contributed by atoms with E-state index in [1.54, 1.807) is 18.7 Å². The Kier molecular flexibility index (Phi) is 3.83. The molecule has 1 aromatic rings. The first-order valence-electron chi connectivity index (χ1n) is 6.92. The molecule has 0 aliphatic carbocycles. The van der Waals surface area contributed by atoms with Crippen molar-refractivity contribution >= 4 is 11.8 Å². The van der Waals surface area contributed by atoms with Gasteiger partial charge in [0.25, 0.3) is 0 Å². The maximum Gasteiger partial charge on any atom is 0.245 e. The molecular formula is C14H22N4O2. The Morgan fingerprint density at radius 2 is 2.15 bits per heavy atom. The Labute approximate surface area is 119 Å². The maximum atomic E-state index is 12.4. The zero-order valence-electron chi connectivity index (χ0n) is 12.6. The van der Waals surface area contributed by atoms with Crippen molar-refractivity contribution in [3.05, 3.63) is 17.5 Å². The highest BCUT2D eigenvalue weighted by Gasteiger charge is 2.39. The number of aromatic nitrogens is 2. The van der Waals surface area contributed by atoms with Crippen molar-refractivity contribution in [2.24, 2.45) is 0 Å². The summed E-state index contributed by atoms with van der Waals surface area (Å²) in [6.45, 7) is 9.10. The Hall–Kier alpha value is -1.85. The van der Waals surface area contributed by atoms with E-state index in [0.29, 0.717) is 26.1 Å². The summed E-state index contributed by atoms with van der Waals surface area (Å²) in [7, 11) is 0. The molecule has 1 aliphatic rings. The SMILES string of the molecule is Cc1cc(C)n(CCC(=O)N2CCNC(=O)C2(C)C)n1. The third-order valence-corrected chi connectivity index (χ3v) is 3.79.